The molecule has 1 aromatic carbocycles. The van der Waals surface area contributed by atoms with Crippen molar-refractivity contribution >= 4 is 0 Å². The van der Waals surface area contributed by atoms with Crippen molar-refractivity contribution in [2.75, 3.05) is 19.8 Å². The van der Waals surface area contributed by atoms with E-state index in [0.29, 0.717) is 5.41 Å². The summed E-state index contributed by atoms with van der Waals surface area (Å²) in [4.78, 5) is 0. The van der Waals surface area contributed by atoms with Crippen molar-refractivity contribution < 1.29 is 4.74 Å². The lowest BCUT2D eigenvalue weighted by molar-refractivity contribution is -0.0240. The van der Waals surface area contributed by atoms with Crippen LogP contribution in [0.3, 0.4) is 0 Å². The summed E-state index contributed by atoms with van der Waals surface area (Å²) in [5, 5.41) is 3.75. The Bertz CT molecular complexity index is 456. The van der Waals surface area contributed by atoms with Gasteiger partial charge in [-0.1, -0.05) is 30.3 Å². The third-order valence-corrected chi connectivity index (χ3v) is 5.13. The summed E-state index contributed by atoms with van der Waals surface area (Å²) in [7, 11) is 0. The van der Waals surface area contributed by atoms with Crippen molar-refractivity contribution in [1.82, 2.24) is 5.32 Å². The van der Waals surface area contributed by atoms with E-state index in [1.54, 1.807) is 0 Å². The minimum absolute atomic E-state index is 0.182. The molecule has 0 amide bonds. The topological polar surface area (TPSA) is 21.3 Å². The molecular formula is C19H29NO. The zero-order chi connectivity index (χ0) is 14.9. The summed E-state index contributed by atoms with van der Waals surface area (Å²) in [5.41, 5.74) is 2.04. The summed E-state index contributed by atoms with van der Waals surface area (Å²) in [5.74, 6) is 1.53. The molecule has 1 N–H and O–H groups in total. The van der Waals surface area contributed by atoms with E-state index in [1.807, 2.05) is 0 Å². The monoisotopic (exact) mass is 287 g/mol. The maximum atomic E-state index is 5.90. The second kappa shape index (κ2) is 5.73. The van der Waals surface area contributed by atoms with Crippen LogP contribution in [0, 0.1) is 11.3 Å². The van der Waals surface area contributed by atoms with Crippen LogP contribution in [0.4, 0.5) is 0 Å². The molecule has 3 unspecified atom stereocenters. The average Bonchev–Trinajstić information content (AvgIpc) is 3.28. The van der Waals surface area contributed by atoms with E-state index in [4.69, 9.17) is 4.74 Å². The van der Waals surface area contributed by atoms with Gasteiger partial charge in [-0.05, 0) is 57.4 Å². The lowest BCUT2D eigenvalue weighted by atomic mass is 9.76. The Morgan fingerprint density at radius 2 is 2.00 bits per heavy atom. The third-order valence-electron chi connectivity index (χ3n) is 5.13. The maximum Gasteiger partial charge on any atom is 0.0537 e. The molecule has 1 heterocycles. The molecular weight excluding hydrogens is 258 g/mol. The van der Waals surface area contributed by atoms with Crippen molar-refractivity contribution in [3.63, 3.8) is 0 Å². The second-order valence-electron chi connectivity index (χ2n) is 7.98. The van der Waals surface area contributed by atoms with E-state index in [2.05, 4.69) is 56.4 Å². The number of hydrogen-bond acceptors (Lipinski definition) is 2. The lowest BCUT2D eigenvalue weighted by Gasteiger charge is -2.40. The van der Waals surface area contributed by atoms with Gasteiger partial charge in [-0.3, -0.25) is 0 Å². The van der Waals surface area contributed by atoms with Crippen molar-refractivity contribution in [3.05, 3.63) is 35.9 Å². The van der Waals surface area contributed by atoms with Gasteiger partial charge in [0.15, 0.2) is 0 Å². The molecule has 1 saturated carbocycles. The molecule has 1 aromatic rings. The Kier molecular flexibility index (Phi) is 4.11. The highest BCUT2D eigenvalue weighted by Crippen LogP contribution is 2.59. The predicted octanol–water partition coefficient (Wildman–Crippen LogP) is 3.98. The van der Waals surface area contributed by atoms with Gasteiger partial charge in [0, 0.05) is 24.1 Å². The Hall–Kier alpha value is -0.860. The van der Waals surface area contributed by atoms with Crippen molar-refractivity contribution in [2.45, 2.75) is 51.5 Å². The van der Waals surface area contributed by atoms with E-state index in [9.17, 15) is 0 Å². The van der Waals surface area contributed by atoms with Gasteiger partial charge in [0.2, 0.25) is 0 Å². The summed E-state index contributed by atoms with van der Waals surface area (Å²) < 4.78 is 5.90. The fourth-order valence-electron chi connectivity index (χ4n) is 3.82. The minimum atomic E-state index is 0.182. The van der Waals surface area contributed by atoms with Crippen LogP contribution in [-0.2, 0) is 4.74 Å². The molecule has 0 aromatic heterocycles. The highest BCUT2D eigenvalue weighted by molar-refractivity contribution is 5.27. The highest BCUT2D eigenvalue weighted by atomic mass is 16.5. The van der Waals surface area contributed by atoms with Gasteiger partial charge in [-0.25, -0.2) is 0 Å². The van der Waals surface area contributed by atoms with Crippen LogP contribution < -0.4 is 5.32 Å². The van der Waals surface area contributed by atoms with Crippen LogP contribution in [-0.4, -0.2) is 25.3 Å². The number of ether oxygens (including phenoxy) is 1. The van der Waals surface area contributed by atoms with Crippen LogP contribution in [0.2, 0.25) is 0 Å². The van der Waals surface area contributed by atoms with E-state index < -0.39 is 0 Å². The minimum Gasteiger partial charge on any atom is -0.381 e. The van der Waals surface area contributed by atoms with Crippen molar-refractivity contribution in [1.29, 1.82) is 0 Å². The molecule has 0 radical (unpaired) electrons. The first-order valence-corrected chi connectivity index (χ1v) is 8.38. The normalized spacial score (nSPS) is 32.9. The number of hydrogen-bond donors (Lipinski definition) is 1. The quantitative estimate of drug-likeness (QED) is 0.904. The standard InChI is InChI=1S/C19H29NO/c1-18(2,3)20-13-19(10-7-11-21-14-19)17-12-16(17)15-8-5-4-6-9-15/h4-6,8-9,16-17,20H,7,10-14H2,1-3H3. The molecule has 2 heteroatoms. The molecule has 1 aliphatic carbocycles. The van der Waals surface area contributed by atoms with Crippen LogP contribution in [0.25, 0.3) is 0 Å². The summed E-state index contributed by atoms with van der Waals surface area (Å²) in [6.45, 7) is 9.73. The zero-order valence-corrected chi connectivity index (χ0v) is 13.7. The van der Waals surface area contributed by atoms with E-state index in [0.717, 1.165) is 31.6 Å². The predicted molar refractivity (Wildman–Crippen MR) is 87.5 cm³/mol. The molecule has 1 aliphatic heterocycles. The van der Waals surface area contributed by atoms with Crippen LogP contribution in [0.5, 0.6) is 0 Å². The third kappa shape index (κ3) is 3.49. The smallest absolute Gasteiger partial charge is 0.0537 e. The zero-order valence-electron chi connectivity index (χ0n) is 13.7. The van der Waals surface area contributed by atoms with Crippen molar-refractivity contribution in [3.8, 4) is 0 Å². The van der Waals surface area contributed by atoms with Crippen LogP contribution >= 0.6 is 0 Å². The largest absolute Gasteiger partial charge is 0.381 e. The van der Waals surface area contributed by atoms with E-state index in [-0.39, 0.29) is 5.54 Å². The number of rotatable bonds is 4. The molecule has 0 spiro atoms. The molecule has 3 rings (SSSR count). The number of benzene rings is 1. The Morgan fingerprint density at radius 3 is 2.62 bits per heavy atom. The van der Waals surface area contributed by atoms with Gasteiger partial charge in [-0.2, -0.15) is 0 Å². The van der Waals surface area contributed by atoms with E-state index >= 15 is 0 Å². The molecule has 21 heavy (non-hydrogen) atoms. The van der Waals surface area contributed by atoms with Crippen molar-refractivity contribution in [2.24, 2.45) is 11.3 Å². The lowest BCUT2D eigenvalue weighted by Crippen LogP contribution is -2.48. The van der Waals surface area contributed by atoms with Crippen LogP contribution in [0.1, 0.15) is 51.5 Å². The first-order chi connectivity index (χ1) is 10.0. The van der Waals surface area contributed by atoms with Gasteiger partial charge in [0.25, 0.3) is 0 Å². The van der Waals surface area contributed by atoms with Gasteiger partial charge >= 0.3 is 0 Å². The molecule has 116 valence electrons. The van der Waals surface area contributed by atoms with Gasteiger partial charge in [-0.15, -0.1) is 0 Å². The molecule has 0 bridgehead atoms. The molecule has 2 fully saturated rings. The Balaban J connectivity index is 1.72. The number of nitrogens with one attached hydrogen (secondary N) is 1. The average molecular weight is 287 g/mol. The highest BCUT2D eigenvalue weighted by Gasteiger charge is 2.53. The van der Waals surface area contributed by atoms with Crippen LogP contribution in [0.15, 0.2) is 30.3 Å². The van der Waals surface area contributed by atoms with Gasteiger partial charge in [0.05, 0.1) is 6.61 Å². The summed E-state index contributed by atoms with van der Waals surface area (Å²) in [6, 6.07) is 11.0. The Labute approximate surface area is 129 Å². The second-order valence-corrected chi connectivity index (χ2v) is 7.98. The van der Waals surface area contributed by atoms with Gasteiger partial charge in [0.1, 0.15) is 0 Å². The first kappa shape index (κ1) is 15.1. The van der Waals surface area contributed by atoms with Gasteiger partial charge < -0.3 is 10.1 Å². The molecule has 2 nitrogen and oxygen atoms in total. The summed E-state index contributed by atoms with van der Waals surface area (Å²) >= 11 is 0. The molecule has 2 aliphatic rings. The van der Waals surface area contributed by atoms with E-state index in [1.165, 1.54) is 24.8 Å². The fourth-order valence-corrected chi connectivity index (χ4v) is 3.82. The summed E-state index contributed by atoms with van der Waals surface area (Å²) in [6.07, 6.45) is 3.85. The SMILES string of the molecule is CC(C)(C)NCC1(C2CC2c2ccccc2)CCCOC1. The molecule has 3 atom stereocenters. The Morgan fingerprint density at radius 1 is 1.24 bits per heavy atom. The maximum absolute atomic E-state index is 5.90. The fraction of sp³-hybridized carbons (Fsp3) is 0.684. The first-order valence-electron chi connectivity index (χ1n) is 8.38. The molecule has 1 saturated heterocycles.